The second kappa shape index (κ2) is 5.41. The fourth-order valence-electron chi connectivity index (χ4n) is 3.66. The molecule has 0 spiro atoms. The van der Waals surface area contributed by atoms with Gasteiger partial charge in [0.2, 0.25) is 0 Å². The van der Waals surface area contributed by atoms with Gasteiger partial charge in [0.25, 0.3) is 0 Å². The van der Waals surface area contributed by atoms with Crippen molar-refractivity contribution in [1.29, 1.82) is 0 Å². The Morgan fingerprint density at radius 1 is 0.696 bits per heavy atom. The molecule has 0 aliphatic heterocycles. The molecule has 0 bridgehead atoms. The maximum Gasteiger partial charge on any atom is 0.322 e. The fourth-order valence-corrected chi connectivity index (χ4v) is 3.66. The van der Waals surface area contributed by atoms with E-state index in [-0.39, 0.29) is 5.43 Å². The van der Waals surface area contributed by atoms with Crippen molar-refractivity contribution in [2.45, 2.75) is 34.6 Å². The minimum absolute atomic E-state index is 0.177. The third-order valence-electron chi connectivity index (χ3n) is 4.56. The molecule has 3 rings (SSSR count). The normalized spacial score (nSPS) is 11.2. The first-order chi connectivity index (χ1) is 10.8. The summed E-state index contributed by atoms with van der Waals surface area (Å²) in [6, 6.07) is 8.28. The van der Waals surface area contributed by atoms with Gasteiger partial charge in [-0.25, -0.2) is 0 Å². The van der Waals surface area contributed by atoms with Crippen LogP contribution >= 0.6 is 0 Å². The van der Waals surface area contributed by atoms with Crippen molar-refractivity contribution in [3.63, 3.8) is 0 Å². The minimum Gasteiger partial charge on any atom is -0.568 e. The molecule has 3 aromatic rings. The third kappa shape index (κ3) is 2.50. The number of hydrogen-bond donors (Lipinski definition) is 0. The van der Waals surface area contributed by atoms with Crippen LogP contribution in [0.1, 0.15) is 27.8 Å². The van der Waals surface area contributed by atoms with Crippen LogP contribution in [0.5, 0.6) is 5.75 Å². The van der Waals surface area contributed by atoms with Gasteiger partial charge in [0.15, 0.2) is 5.43 Å². The Morgan fingerprint density at radius 2 is 1.09 bits per heavy atom. The van der Waals surface area contributed by atoms with Gasteiger partial charge >= 0.3 is 8.05 Å². The van der Waals surface area contributed by atoms with Gasteiger partial charge in [-0.1, -0.05) is 17.7 Å². The van der Waals surface area contributed by atoms with Gasteiger partial charge in [0.1, 0.15) is 0 Å². The van der Waals surface area contributed by atoms with E-state index in [0.29, 0.717) is 0 Å². The SMILES string of the molecule is BOc1cc(C)c(-c2c(-c3c(C)cc(C)cc3C)c2=O)c(C)c1. The van der Waals surface area contributed by atoms with Crippen LogP contribution in [0.3, 0.4) is 0 Å². The van der Waals surface area contributed by atoms with Crippen LogP contribution in [0.15, 0.2) is 29.1 Å². The fraction of sp³-hybridized carbons (Fsp3) is 0.250. The van der Waals surface area contributed by atoms with E-state index in [1.807, 2.05) is 26.0 Å². The molecule has 3 aromatic carbocycles. The highest BCUT2D eigenvalue weighted by Gasteiger charge is 2.29. The van der Waals surface area contributed by atoms with Crippen LogP contribution in [0.4, 0.5) is 0 Å². The van der Waals surface area contributed by atoms with E-state index < -0.39 is 0 Å². The molecule has 116 valence electrons. The Kier molecular flexibility index (Phi) is 3.67. The van der Waals surface area contributed by atoms with Gasteiger partial charge in [-0.3, -0.25) is 4.79 Å². The molecule has 2 nitrogen and oxygen atoms in total. The van der Waals surface area contributed by atoms with Crippen LogP contribution in [-0.4, -0.2) is 8.05 Å². The summed E-state index contributed by atoms with van der Waals surface area (Å²) >= 11 is 0. The molecule has 0 aliphatic rings. The van der Waals surface area contributed by atoms with Crippen LogP contribution < -0.4 is 10.1 Å². The maximum absolute atomic E-state index is 12.6. The molecular weight excluding hydrogens is 283 g/mol. The van der Waals surface area contributed by atoms with Crippen molar-refractivity contribution in [2.75, 3.05) is 0 Å². The number of rotatable bonds is 3. The molecule has 0 fully saturated rings. The Hall–Kier alpha value is -2.29. The second-order valence-corrected chi connectivity index (χ2v) is 6.49. The first-order valence-electron chi connectivity index (χ1n) is 7.88. The summed E-state index contributed by atoms with van der Waals surface area (Å²) in [5, 5.41) is 0. The molecule has 0 amide bonds. The monoisotopic (exact) mass is 304 g/mol. The zero-order valence-corrected chi connectivity index (χ0v) is 14.6. The summed E-state index contributed by atoms with van der Waals surface area (Å²) in [5.74, 6) is 0.835. The summed E-state index contributed by atoms with van der Waals surface area (Å²) < 4.78 is 5.32. The first kappa shape index (κ1) is 15.6. The average molecular weight is 304 g/mol. The maximum atomic E-state index is 12.6. The molecule has 3 heteroatoms. The highest BCUT2D eigenvalue weighted by atomic mass is 16.4. The topological polar surface area (TPSA) is 26.3 Å². The van der Waals surface area contributed by atoms with E-state index in [4.69, 9.17) is 4.65 Å². The molecular formula is C20H21BO2. The van der Waals surface area contributed by atoms with Crippen LogP contribution in [0.25, 0.3) is 22.3 Å². The predicted octanol–water partition coefficient (Wildman–Crippen LogP) is 3.73. The molecule has 0 atom stereocenters. The quantitative estimate of drug-likeness (QED) is 0.689. The number of benzene rings is 2. The van der Waals surface area contributed by atoms with Gasteiger partial charge in [0, 0.05) is 11.1 Å². The van der Waals surface area contributed by atoms with Crippen LogP contribution in [-0.2, 0) is 0 Å². The molecule has 0 saturated carbocycles. The summed E-state index contributed by atoms with van der Waals surface area (Å²) in [4.78, 5) is 12.6. The smallest absolute Gasteiger partial charge is 0.322 e. The van der Waals surface area contributed by atoms with E-state index in [1.165, 1.54) is 16.7 Å². The molecule has 0 N–H and O–H groups in total. The van der Waals surface area contributed by atoms with Crippen LogP contribution in [0.2, 0.25) is 0 Å². The van der Waals surface area contributed by atoms with E-state index >= 15 is 0 Å². The predicted molar refractivity (Wildman–Crippen MR) is 98.8 cm³/mol. The number of aryl methyl sites for hydroxylation is 5. The third-order valence-corrected chi connectivity index (χ3v) is 4.56. The highest BCUT2D eigenvalue weighted by Crippen LogP contribution is 2.41. The summed E-state index contributed by atoms with van der Waals surface area (Å²) in [5.41, 5.74) is 9.84. The Morgan fingerprint density at radius 3 is 1.48 bits per heavy atom. The number of hydrogen-bond acceptors (Lipinski definition) is 2. The zero-order valence-electron chi connectivity index (χ0n) is 14.6. The lowest BCUT2D eigenvalue weighted by molar-refractivity contribution is 0.615. The van der Waals surface area contributed by atoms with E-state index in [1.54, 1.807) is 8.05 Å². The molecule has 0 heterocycles. The minimum atomic E-state index is 0.177. The van der Waals surface area contributed by atoms with E-state index in [2.05, 4.69) is 32.9 Å². The zero-order chi connectivity index (χ0) is 16.9. The highest BCUT2D eigenvalue weighted by molar-refractivity contribution is 6.00. The van der Waals surface area contributed by atoms with Crippen molar-refractivity contribution >= 4 is 8.05 Å². The van der Waals surface area contributed by atoms with Crippen molar-refractivity contribution in [3.8, 4) is 28.0 Å². The molecule has 0 aromatic heterocycles. The summed E-state index contributed by atoms with van der Waals surface area (Å²) in [6.07, 6.45) is 0. The molecule has 0 aliphatic carbocycles. The van der Waals surface area contributed by atoms with Crippen molar-refractivity contribution in [1.82, 2.24) is 0 Å². The summed E-state index contributed by atoms with van der Waals surface area (Å²) in [7, 11) is 1.67. The van der Waals surface area contributed by atoms with Crippen LogP contribution in [0, 0.1) is 34.6 Å². The van der Waals surface area contributed by atoms with Crippen molar-refractivity contribution in [2.24, 2.45) is 0 Å². The molecule has 0 saturated heterocycles. The van der Waals surface area contributed by atoms with Gasteiger partial charge < -0.3 is 4.65 Å². The largest absolute Gasteiger partial charge is 0.568 e. The lowest BCUT2D eigenvalue weighted by atomic mass is 9.95. The summed E-state index contributed by atoms with van der Waals surface area (Å²) in [6.45, 7) is 10.3. The Balaban J connectivity index is 2.17. The Labute approximate surface area is 138 Å². The van der Waals surface area contributed by atoms with Crippen molar-refractivity contribution in [3.05, 3.63) is 62.3 Å². The van der Waals surface area contributed by atoms with Gasteiger partial charge in [0.05, 0.1) is 5.75 Å². The average Bonchev–Trinajstić information content (AvgIpc) is 3.07. The van der Waals surface area contributed by atoms with E-state index in [9.17, 15) is 4.79 Å². The van der Waals surface area contributed by atoms with E-state index in [0.717, 1.165) is 39.1 Å². The Bertz CT molecular complexity index is 881. The molecule has 0 unspecified atom stereocenters. The lowest BCUT2D eigenvalue weighted by Gasteiger charge is -2.10. The first-order valence-corrected chi connectivity index (χ1v) is 7.88. The lowest BCUT2D eigenvalue weighted by Crippen LogP contribution is -1.91. The molecule has 23 heavy (non-hydrogen) atoms. The van der Waals surface area contributed by atoms with Gasteiger partial charge in [-0.15, -0.1) is 0 Å². The second-order valence-electron chi connectivity index (χ2n) is 6.49. The van der Waals surface area contributed by atoms with Gasteiger partial charge in [-0.05, 0) is 80.1 Å². The standard InChI is InChI=1S/C20H21BO2/c1-10-6-11(2)16(12(3)7-10)18-19(20(18)22)17-13(4)8-15(23-21)9-14(17)5/h6-9H,21H2,1-5H3. The van der Waals surface area contributed by atoms with Gasteiger partial charge in [-0.2, -0.15) is 0 Å². The molecule has 0 radical (unpaired) electrons. The van der Waals surface area contributed by atoms with Crippen molar-refractivity contribution < 1.29 is 4.65 Å².